The van der Waals surface area contributed by atoms with Crippen molar-refractivity contribution in [2.45, 2.75) is 58.3 Å². The Morgan fingerprint density at radius 1 is 0.960 bits per heavy atom. The summed E-state index contributed by atoms with van der Waals surface area (Å²) in [6.45, 7) is 10.1. The van der Waals surface area contributed by atoms with Crippen LogP contribution in [0.1, 0.15) is 58.3 Å². The van der Waals surface area contributed by atoms with Gasteiger partial charge in [0.25, 0.3) is 0 Å². The third-order valence-electron chi connectivity index (χ3n) is 6.04. The van der Waals surface area contributed by atoms with Crippen LogP contribution in [-0.4, -0.2) is 13.7 Å². The molecule has 0 unspecified atom stereocenters. The van der Waals surface area contributed by atoms with Crippen LogP contribution in [0.15, 0.2) is 35.5 Å². The van der Waals surface area contributed by atoms with E-state index in [0.717, 1.165) is 17.8 Å². The molecule has 0 aliphatic heterocycles. The van der Waals surface area contributed by atoms with Gasteiger partial charge in [-0.15, -0.1) is 0 Å². The largest absolute Gasteiger partial charge is 0.494 e. The summed E-state index contributed by atoms with van der Waals surface area (Å²) in [7, 11) is 1.35. The van der Waals surface area contributed by atoms with Gasteiger partial charge in [-0.1, -0.05) is 44.5 Å². The maximum atomic E-state index is 13.9. The highest BCUT2D eigenvalue weighted by molar-refractivity contribution is 6.32. The van der Waals surface area contributed by atoms with Gasteiger partial charge >= 0.3 is 0 Å². The Morgan fingerprint density at radius 2 is 1.48 bits per heavy atom. The lowest BCUT2D eigenvalue weighted by molar-refractivity contribution is 0.104. The van der Waals surface area contributed by atoms with Crippen LogP contribution in [0, 0.1) is 23.7 Å². The molecule has 2 aliphatic carbocycles. The predicted octanol–water partition coefficient (Wildman–Crippen LogP) is 6.73. The summed E-state index contributed by atoms with van der Waals surface area (Å²) in [4.78, 5) is 0. The molecule has 142 valence electrons. The third-order valence-corrected chi connectivity index (χ3v) is 6.42. The summed E-state index contributed by atoms with van der Waals surface area (Å²) in [6, 6.07) is 0. The van der Waals surface area contributed by atoms with Crippen molar-refractivity contribution < 1.29 is 13.9 Å². The molecule has 25 heavy (non-hydrogen) atoms. The monoisotopic (exact) mass is 370 g/mol. The molecule has 0 aromatic carbocycles. The molecule has 0 amide bonds. The number of ether oxygens (including phenoxy) is 2. The van der Waals surface area contributed by atoms with E-state index in [-0.39, 0.29) is 16.6 Å². The van der Waals surface area contributed by atoms with Gasteiger partial charge in [0, 0.05) is 0 Å². The molecule has 0 heterocycles. The van der Waals surface area contributed by atoms with E-state index in [4.69, 9.17) is 21.1 Å². The van der Waals surface area contributed by atoms with Crippen molar-refractivity contribution in [3.63, 3.8) is 0 Å². The minimum absolute atomic E-state index is 0.114. The molecule has 0 aromatic rings. The Morgan fingerprint density at radius 3 is 2.00 bits per heavy atom. The molecule has 4 heteroatoms. The molecule has 2 fully saturated rings. The smallest absolute Gasteiger partial charge is 0.186 e. The van der Waals surface area contributed by atoms with Crippen molar-refractivity contribution in [1.82, 2.24) is 0 Å². The van der Waals surface area contributed by atoms with Gasteiger partial charge in [0.05, 0.1) is 13.7 Å². The lowest BCUT2D eigenvalue weighted by Crippen LogP contribution is -2.26. The van der Waals surface area contributed by atoms with Gasteiger partial charge in [-0.05, 0) is 62.2 Å². The average Bonchev–Trinajstić information content (AvgIpc) is 2.65. The lowest BCUT2D eigenvalue weighted by atomic mass is 9.69. The molecule has 0 radical (unpaired) electrons. The molecule has 0 N–H and O–H groups in total. The van der Waals surface area contributed by atoms with Crippen LogP contribution in [0.5, 0.6) is 0 Å². The first kappa shape index (κ1) is 20.4. The minimum atomic E-state index is -0.718. The number of methoxy groups -OCH3 is 1. The maximum Gasteiger partial charge on any atom is 0.186 e. The Bertz CT molecular complexity index is 498. The second-order valence-corrected chi connectivity index (χ2v) is 8.17. The van der Waals surface area contributed by atoms with E-state index in [1.165, 1.54) is 58.5 Å². The molecule has 0 spiro atoms. The Hall–Kier alpha value is -0.960. The Labute approximate surface area is 157 Å². The van der Waals surface area contributed by atoms with Gasteiger partial charge in [-0.2, -0.15) is 0 Å². The fourth-order valence-electron chi connectivity index (χ4n) is 4.20. The Kier molecular flexibility index (Phi) is 7.86. The zero-order chi connectivity index (χ0) is 18.4. The van der Waals surface area contributed by atoms with Crippen molar-refractivity contribution >= 4 is 11.6 Å². The van der Waals surface area contributed by atoms with Crippen LogP contribution in [0.25, 0.3) is 0 Å². The average molecular weight is 371 g/mol. The number of hydrogen-bond donors (Lipinski definition) is 0. The number of allylic oxidation sites excluding steroid dienone is 2. The highest BCUT2D eigenvalue weighted by Gasteiger charge is 2.30. The summed E-state index contributed by atoms with van der Waals surface area (Å²) >= 11 is 5.95. The third kappa shape index (κ3) is 5.77. The van der Waals surface area contributed by atoms with Crippen LogP contribution < -0.4 is 0 Å². The number of hydrogen-bond acceptors (Lipinski definition) is 2. The predicted molar refractivity (Wildman–Crippen MR) is 102 cm³/mol. The quantitative estimate of drug-likeness (QED) is 0.365. The van der Waals surface area contributed by atoms with Crippen LogP contribution in [0.2, 0.25) is 0 Å². The van der Waals surface area contributed by atoms with E-state index in [1.807, 2.05) is 0 Å². The molecule has 2 aliphatic rings. The molecule has 0 bridgehead atoms. The van der Waals surface area contributed by atoms with Gasteiger partial charge in [0.2, 0.25) is 0 Å². The standard InChI is InChI=1S/C21H32ClFO2/c1-14-5-9-18(10-6-14)19-11-7-17(8-12-19)13-25-15(2)20(22)21(23)16(3)24-4/h14,17-19H,2-3,5-13H2,1,4H3/b21-20-. The van der Waals surface area contributed by atoms with Crippen molar-refractivity contribution in [2.75, 3.05) is 13.7 Å². The normalized spacial score (nSPS) is 31.0. The van der Waals surface area contributed by atoms with Gasteiger partial charge in [0.15, 0.2) is 5.83 Å². The number of rotatable bonds is 7. The van der Waals surface area contributed by atoms with E-state index in [2.05, 4.69) is 20.1 Å². The molecular weight excluding hydrogens is 339 g/mol. The summed E-state index contributed by atoms with van der Waals surface area (Å²) in [5, 5.41) is -0.156. The maximum absolute atomic E-state index is 13.9. The Balaban J connectivity index is 1.73. The summed E-state index contributed by atoms with van der Waals surface area (Å²) in [5.41, 5.74) is 0. The van der Waals surface area contributed by atoms with E-state index in [1.54, 1.807) is 0 Å². The van der Waals surface area contributed by atoms with E-state index in [9.17, 15) is 4.39 Å². The lowest BCUT2D eigenvalue weighted by Gasteiger charge is -2.37. The van der Waals surface area contributed by atoms with E-state index >= 15 is 0 Å². The van der Waals surface area contributed by atoms with Gasteiger partial charge in [-0.3, -0.25) is 0 Å². The topological polar surface area (TPSA) is 18.5 Å². The summed E-state index contributed by atoms with van der Waals surface area (Å²) < 4.78 is 24.3. The first-order valence-corrected chi connectivity index (χ1v) is 9.90. The summed E-state index contributed by atoms with van der Waals surface area (Å²) in [6.07, 6.45) is 10.6. The van der Waals surface area contributed by atoms with E-state index < -0.39 is 5.83 Å². The molecule has 0 aromatic heterocycles. The van der Waals surface area contributed by atoms with Crippen molar-refractivity contribution in [3.05, 3.63) is 35.5 Å². The van der Waals surface area contributed by atoms with Crippen LogP contribution in [0.3, 0.4) is 0 Å². The van der Waals surface area contributed by atoms with Gasteiger partial charge in [-0.25, -0.2) is 4.39 Å². The summed E-state index contributed by atoms with van der Waals surface area (Å²) in [5.74, 6) is 2.56. The van der Waals surface area contributed by atoms with Crippen molar-refractivity contribution in [3.8, 4) is 0 Å². The second kappa shape index (κ2) is 9.66. The highest BCUT2D eigenvalue weighted by atomic mass is 35.5. The van der Waals surface area contributed by atoms with Crippen LogP contribution >= 0.6 is 11.6 Å². The first-order chi connectivity index (χ1) is 11.9. The minimum Gasteiger partial charge on any atom is -0.494 e. The molecule has 0 atom stereocenters. The molecule has 2 saturated carbocycles. The highest BCUT2D eigenvalue weighted by Crippen LogP contribution is 2.41. The van der Waals surface area contributed by atoms with Crippen molar-refractivity contribution in [1.29, 1.82) is 0 Å². The molecular formula is C21H32ClFO2. The van der Waals surface area contributed by atoms with Crippen LogP contribution in [0.4, 0.5) is 4.39 Å². The zero-order valence-corrected chi connectivity index (χ0v) is 16.4. The zero-order valence-electron chi connectivity index (χ0n) is 15.7. The molecule has 0 saturated heterocycles. The second-order valence-electron chi connectivity index (χ2n) is 7.79. The first-order valence-electron chi connectivity index (χ1n) is 9.53. The molecule has 2 rings (SSSR count). The number of halogens is 2. The molecule has 2 nitrogen and oxygen atoms in total. The van der Waals surface area contributed by atoms with Crippen LogP contribution in [-0.2, 0) is 9.47 Å². The van der Waals surface area contributed by atoms with Crippen molar-refractivity contribution in [2.24, 2.45) is 23.7 Å². The van der Waals surface area contributed by atoms with Gasteiger partial charge in [0.1, 0.15) is 16.6 Å². The fourth-order valence-corrected chi connectivity index (χ4v) is 4.36. The fraction of sp³-hybridized carbons (Fsp3) is 0.714. The van der Waals surface area contributed by atoms with Gasteiger partial charge < -0.3 is 9.47 Å². The van der Waals surface area contributed by atoms with E-state index in [0.29, 0.717) is 12.5 Å². The SMILES string of the molecule is C=C(OC)/C(F)=C(/Cl)C(=C)OCC1CCC(C2CCC(C)CC2)CC1.